The van der Waals surface area contributed by atoms with Crippen molar-refractivity contribution in [1.82, 2.24) is 14.7 Å². The fourth-order valence-corrected chi connectivity index (χ4v) is 4.55. The molecular formula is C33H55N4O. The Bertz CT molecular complexity index is 877. The van der Waals surface area contributed by atoms with Crippen LogP contribution in [0.2, 0.25) is 0 Å². The monoisotopic (exact) mass is 523 g/mol. The van der Waals surface area contributed by atoms with Crippen molar-refractivity contribution < 1.29 is 4.74 Å². The molecule has 1 atom stereocenters. The molecule has 0 bridgehead atoms. The number of methoxy groups -OCH3 is 1. The molecule has 2 rings (SSSR count). The number of nitrogens with zero attached hydrogens (tertiary/aromatic N) is 4. The molecule has 1 heterocycles. The summed E-state index contributed by atoms with van der Waals surface area (Å²) in [6, 6.07) is 0.271. The lowest BCUT2D eigenvalue weighted by Crippen LogP contribution is -2.26. The fourth-order valence-electron chi connectivity index (χ4n) is 4.55. The highest BCUT2D eigenvalue weighted by Gasteiger charge is 2.25. The Kier molecular flexibility index (Phi) is 19.7. The van der Waals surface area contributed by atoms with Gasteiger partial charge in [0.25, 0.3) is 0 Å². The van der Waals surface area contributed by atoms with Gasteiger partial charge in [-0.3, -0.25) is 4.99 Å². The Labute approximate surface area is 235 Å². The third-order valence-electron chi connectivity index (χ3n) is 6.45. The van der Waals surface area contributed by atoms with Gasteiger partial charge in [0.15, 0.2) is 0 Å². The van der Waals surface area contributed by atoms with E-state index in [9.17, 15) is 0 Å². The third-order valence-corrected chi connectivity index (χ3v) is 6.45. The Morgan fingerprint density at radius 1 is 1.18 bits per heavy atom. The van der Waals surface area contributed by atoms with E-state index in [4.69, 9.17) is 11.4 Å². The number of terminal acetylenes is 1. The molecule has 0 aromatic rings. The Balaban J connectivity index is 0.000000654. The molecule has 213 valence electrons. The summed E-state index contributed by atoms with van der Waals surface area (Å²) in [6.45, 7) is 24.1. The number of likely N-dealkylation sites (N-methyl/N-ethyl adjacent to an activating group) is 2. The molecule has 0 aromatic heterocycles. The van der Waals surface area contributed by atoms with Gasteiger partial charge in [0.2, 0.25) is 0 Å². The standard InChI is InChI=1S/C16H27N2.C15H22N2.C2H6O/c1-6-17(7-2)15-11-10-12-16(14(5)13-15)18(8-3)9-4;1-5-8-10-11-14-13(4)16-15(12-9-6-2)17(14)7-3;1-3-2/h10,12-13H,3,6-9,11H2,1-2,4-5H3;2,5,8,11,13H,7,9-10,12H2,1,3-4H3;1-2H3/b;8-5-,14-11+;. The van der Waals surface area contributed by atoms with Crippen LogP contribution in [-0.4, -0.2) is 73.5 Å². The van der Waals surface area contributed by atoms with Gasteiger partial charge in [-0.05, 0) is 79.5 Å². The van der Waals surface area contributed by atoms with Crippen molar-refractivity contribution in [2.24, 2.45) is 4.99 Å². The van der Waals surface area contributed by atoms with Crippen LogP contribution in [0, 0.1) is 19.3 Å². The highest BCUT2D eigenvalue weighted by Crippen LogP contribution is 2.24. The maximum Gasteiger partial charge on any atom is 0.105 e. The first-order valence-corrected chi connectivity index (χ1v) is 14.2. The molecule has 5 nitrogen and oxygen atoms in total. The van der Waals surface area contributed by atoms with Crippen LogP contribution in [0.5, 0.6) is 0 Å². The van der Waals surface area contributed by atoms with Crippen LogP contribution in [0.3, 0.4) is 0 Å². The van der Waals surface area contributed by atoms with E-state index in [0.717, 1.165) is 64.2 Å². The molecule has 0 saturated carbocycles. The van der Waals surface area contributed by atoms with Crippen molar-refractivity contribution in [3.63, 3.8) is 0 Å². The lowest BCUT2D eigenvalue weighted by atomic mass is 10.2. The summed E-state index contributed by atoms with van der Waals surface area (Å²) in [5, 5.41) is 0. The first kappa shape index (κ1) is 35.3. The van der Waals surface area contributed by atoms with Crippen LogP contribution in [0.4, 0.5) is 0 Å². The lowest BCUT2D eigenvalue weighted by molar-refractivity contribution is 0.277. The lowest BCUT2D eigenvalue weighted by Gasteiger charge is -2.24. The van der Waals surface area contributed by atoms with E-state index in [0.29, 0.717) is 0 Å². The van der Waals surface area contributed by atoms with E-state index in [2.05, 4.69) is 110 Å². The van der Waals surface area contributed by atoms with Crippen LogP contribution in [0.25, 0.3) is 0 Å². The van der Waals surface area contributed by atoms with Gasteiger partial charge in [0.1, 0.15) is 5.84 Å². The van der Waals surface area contributed by atoms with Crippen molar-refractivity contribution in [3.8, 4) is 12.3 Å². The second-order valence-electron chi connectivity index (χ2n) is 9.07. The Morgan fingerprint density at radius 2 is 1.82 bits per heavy atom. The molecule has 0 saturated heterocycles. The highest BCUT2D eigenvalue weighted by atomic mass is 16.4. The predicted octanol–water partition coefficient (Wildman–Crippen LogP) is 7.24. The molecule has 1 aliphatic heterocycles. The smallest absolute Gasteiger partial charge is 0.105 e. The van der Waals surface area contributed by atoms with Crippen LogP contribution in [0.15, 0.2) is 64.1 Å². The van der Waals surface area contributed by atoms with Crippen LogP contribution in [-0.2, 0) is 4.74 Å². The van der Waals surface area contributed by atoms with Gasteiger partial charge >= 0.3 is 0 Å². The van der Waals surface area contributed by atoms with Crippen LogP contribution < -0.4 is 0 Å². The maximum absolute atomic E-state index is 5.31. The minimum absolute atomic E-state index is 0.271. The number of allylic oxidation sites excluding steroid dienone is 7. The number of ether oxygens (including phenoxy) is 1. The van der Waals surface area contributed by atoms with E-state index in [-0.39, 0.29) is 6.04 Å². The van der Waals surface area contributed by atoms with E-state index in [1.807, 2.05) is 6.92 Å². The van der Waals surface area contributed by atoms with Crippen molar-refractivity contribution in [2.45, 2.75) is 80.2 Å². The van der Waals surface area contributed by atoms with E-state index >= 15 is 0 Å². The van der Waals surface area contributed by atoms with E-state index in [1.54, 1.807) is 14.2 Å². The minimum atomic E-state index is 0.271. The van der Waals surface area contributed by atoms with Gasteiger partial charge < -0.3 is 19.4 Å². The van der Waals surface area contributed by atoms with Crippen molar-refractivity contribution in [1.29, 1.82) is 0 Å². The molecule has 0 aromatic carbocycles. The summed E-state index contributed by atoms with van der Waals surface area (Å²) in [4.78, 5) is 11.7. The third kappa shape index (κ3) is 11.8. The van der Waals surface area contributed by atoms with E-state index < -0.39 is 0 Å². The first-order valence-electron chi connectivity index (χ1n) is 14.2. The summed E-state index contributed by atoms with van der Waals surface area (Å²) in [5.41, 5.74) is 5.40. The zero-order valence-corrected chi connectivity index (χ0v) is 25.9. The molecule has 0 spiro atoms. The molecule has 0 fully saturated rings. The molecule has 1 unspecified atom stereocenters. The molecule has 1 radical (unpaired) electrons. The summed E-state index contributed by atoms with van der Waals surface area (Å²) in [5.74, 6) is 3.83. The SMILES string of the molecule is C#CCCC1=NC(C)/C(=C\C/C=C\C)N1CC.COC.[CH2]CN(CC)C1=C(C)C=C(N(CC)CC)CC=C1. The topological polar surface area (TPSA) is 31.3 Å². The van der Waals surface area contributed by atoms with Crippen molar-refractivity contribution >= 4 is 5.84 Å². The quantitative estimate of drug-likeness (QED) is 0.211. The van der Waals surface area contributed by atoms with Gasteiger partial charge in [-0.2, -0.15) is 0 Å². The van der Waals surface area contributed by atoms with Gasteiger partial charge in [-0.1, -0.05) is 24.3 Å². The number of hydrogen-bond acceptors (Lipinski definition) is 5. The molecular weight excluding hydrogens is 468 g/mol. The molecule has 38 heavy (non-hydrogen) atoms. The summed E-state index contributed by atoms with van der Waals surface area (Å²) in [6.07, 6.45) is 22.3. The first-order chi connectivity index (χ1) is 18.3. The average Bonchev–Trinajstić information content (AvgIpc) is 3.09. The fraction of sp³-hybridized carbons (Fsp3) is 0.576. The highest BCUT2D eigenvalue weighted by molar-refractivity contribution is 5.87. The summed E-state index contributed by atoms with van der Waals surface area (Å²) in [7, 11) is 3.25. The van der Waals surface area contributed by atoms with Gasteiger partial charge in [0.05, 0.1) is 6.04 Å². The van der Waals surface area contributed by atoms with Crippen molar-refractivity contribution in [3.05, 3.63) is 66.0 Å². The molecule has 1 aliphatic carbocycles. The van der Waals surface area contributed by atoms with Crippen LogP contribution in [0.1, 0.15) is 74.1 Å². The molecule has 0 N–H and O–H groups in total. The predicted molar refractivity (Wildman–Crippen MR) is 168 cm³/mol. The largest absolute Gasteiger partial charge is 0.388 e. The Morgan fingerprint density at radius 3 is 2.32 bits per heavy atom. The number of rotatable bonds is 11. The molecule has 5 heteroatoms. The van der Waals surface area contributed by atoms with Gasteiger partial charge in [-0.15, -0.1) is 12.3 Å². The van der Waals surface area contributed by atoms with Crippen molar-refractivity contribution in [2.75, 3.05) is 46.9 Å². The molecule has 0 amide bonds. The van der Waals surface area contributed by atoms with Gasteiger partial charge in [-0.25, -0.2) is 0 Å². The number of hydrogen-bond donors (Lipinski definition) is 0. The zero-order valence-electron chi connectivity index (χ0n) is 25.9. The average molecular weight is 524 g/mol. The maximum atomic E-state index is 5.31. The summed E-state index contributed by atoms with van der Waals surface area (Å²) >= 11 is 0. The number of aliphatic imine (C=N–C) groups is 1. The second-order valence-corrected chi connectivity index (χ2v) is 9.07. The second kappa shape index (κ2) is 21.2. The van der Waals surface area contributed by atoms with Gasteiger partial charge in [0, 0.05) is 83.3 Å². The van der Waals surface area contributed by atoms with Crippen LogP contribution >= 0.6 is 0 Å². The summed E-state index contributed by atoms with van der Waals surface area (Å²) < 4.78 is 4.25. The molecule has 2 aliphatic rings. The Hall–Kier alpha value is -2.71. The van der Waals surface area contributed by atoms with E-state index in [1.165, 1.54) is 22.7 Å². The number of amidine groups is 1. The minimum Gasteiger partial charge on any atom is -0.388 e. The zero-order chi connectivity index (χ0) is 28.9. The normalized spacial score (nSPS) is 17.8.